The molecule has 0 saturated heterocycles. The molecule has 66 valence electrons. The Kier molecular flexibility index (Phi) is 1.88. The quantitative estimate of drug-likeness (QED) is 0.693. The van der Waals surface area contributed by atoms with Crippen LogP contribution in [0.1, 0.15) is 0 Å². The van der Waals surface area contributed by atoms with E-state index in [0.29, 0.717) is 5.69 Å². The van der Waals surface area contributed by atoms with Gasteiger partial charge in [0.05, 0.1) is 5.69 Å². The van der Waals surface area contributed by atoms with Crippen molar-refractivity contribution in [2.75, 3.05) is 5.73 Å². The molecular formula is C10H8BrNO. The number of hydrogen-bond acceptors (Lipinski definition) is 2. The van der Waals surface area contributed by atoms with Gasteiger partial charge in [0.25, 0.3) is 0 Å². The van der Waals surface area contributed by atoms with E-state index in [9.17, 15) is 5.11 Å². The number of rotatable bonds is 0. The summed E-state index contributed by atoms with van der Waals surface area (Å²) in [5, 5.41) is 11.2. The zero-order valence-corrected chi connectivity index (χ0v) is 8.38. The average molecular weight is 238 g/mol. The van der Waals surface area contributed by atoms with E-state index < -0.39 is 0 Å². The van der Waals surface area contributed by atoms with Gasteiger partial charge in [0, 0.05) is 15.2 Å². The average Bonchev–Trinajstić information content (AvgIpc) is 2.12. The van der Waals surface area contributed by atoms with Gasteiger partial charge in [-0.1, -0.05) is 12.1 Å². The lowest BCUT2D eigenvalue weighted by molar-refractivity contribution is 0.481. The maximum atomic E-state index is 9.52. The Morgan fingerprint density at radius 3 is 2.62 bits per heavy atom. The normalized spacial score (nSPS) is 10.5. The number of nitrogens with two attached hydrogens (primary N) is 1. The number of phenolic OH excluding ortho intramolecular Hbond substituents is 1. The number of nitrogen functional groups attached to an aromatic ring is 1. The third-order valence-electron chi connectivity index (χ3n) is 2.03. The van der Waals surface area contributed by atoms with Crippen LogP contribution in [0.4, 0.5) is 5.69 Å². The number of anilines is 1. The van der Waals surface area contributed by atoms with E-state index in [2.05, 4.69) is 15.9 Å². The summed E-state index contributed by atoms with van der Waals surface area (Å²) >= 11 is 3.33. The smallest absolute Gasteiger partial charge is 0.123 e. The lowest BCUT2D eigenvalue weighted by atomic mass is 10.1. The highest BCUT2D eigenvalue weighted by Crippen LogP contribution is 2.32. The van der Waals surface area contributed by atoms with Gasteiger partial charge in [0.1, 0.15) is 5.75 Å². The second kappa shape index (κ2) is 2.92. The largest absolute Gasteiger partial charge is 0.507 e. The van der Waals surface area contributed by atoms with Crippen LogP contribution in [0, 0.1) is 0 Å². The van der Waals surface area contributed by atoms with E-state index >= 15 is 0 Å². The number of phenols is 1. The van der Waals surface area contributed by atoms with Crippen LogP contribution in [0.2, 0.25) is 0 Å². The molecule has 0 aliphatic heterocycles. The Bertz CT molecular complexity index is 468. The first kappa shape index (κ1) is 8.38. The topological polar surface area (TPSA) is 46.2 Å². The molecule has 2 aromatic rings. The van der Waals surface area contributed by atoms with Crippen molar-refractivity contribution in [3.63, 3.8) is 0 Å². The molecule has 0 bridgehead atoms. The van der Waals surface area contributed by atoms with Crippen LogP contribution in [0.25, 0.3) is 10.8 Å². The van der Waals surface area contributed by atoms with Crippen LogP contribution in [-0.2, 0) is 0 Å². The molecule has 2 aromatic carbocycles. The second-order valence-electron chi connectivity index (χ2n) is 2.83. The lowest BCUT2D eigenvalue weighted by Crippen LogP contribution is -1.88. The Balaban J connectivity index is 2.94. The summed E-state index contributed by atoms with van der Waals surface area (Å²) in [6.07, 6.45) is 0. The fraction of sp³-hybridized carbons (Fsp3) is 0. The van der Waals surface area contributed by atoms with Crippen LogP contribution in [0.15, 0.2) is 34.8 Å². The molecule has 13 heavy (non-hydrogen) atoms. The fourth-order valence-corrected chi connectivity index (χ4v) is 1.68. The molecule has 0 spiro atoms. The van der Waals surface area contributed by atoms with Crippen molar-refractivity contribution in [2.24, 2.45) is 0 Å². The fourth-order valence-electron chi connectivity index (χ4n) is 1.34. The van der Waals surface area contributed by atoms with Crippen molar-refractivity contribution in [1.29, 1.82) is 0 Å². The standard InChI is InChI=1S/C10H8BrNO/c11-8-5-4-6-7(10(8)12)2-1-3-9(6)13/h1-5,13H,12H2. The van der Waals surface area contributed by atoms with E-state index in [1.165, 1.54) is 0 Å². The monoisotopic (exact) mass is 237 g/mol. The molecule has 0 heterocycles. The molecule has 0 saturated carbocycles. The van der Waals surface area contributed by atoms with Gasteiger partial charge in [-0.3, -0.25) is 0 Å². The number of aromatic hydroxyl groups is 1. The van der Waals surface area contributed by atoms with Gasteiger partial charge in [-0.15, -0.1) is 0 Å². The highest BCUT2D eigenvalue weighted by atomic mass is 79.9. The summed E-state index contributed by atoms with van der Waals surface area (Å²) < 4.78 is 0.852. The molecule has 0 aliphatic rings. The summed E-state index contributed by atoms with van der Waals surface area (Å²) in [5.74, 6) is 0.261. The van der Waals surface area contributed by atoms with E-state index in [4.69, 9.17) is 5.73 Å². The van der Waals surface area contributed by atoms with Gasteiger partial charge in [-0.2, -0.15) is 0 Å². The molecule has 0 fully saturated rings. The van der Waals surface area contributed by atoms with E-state index in [1.807, 2.05) is 18.2 Å². The number of fused-ring (bicyclic) bond motifs is 1. The van der Waals surface area contributed by atoms with E-state index in [1.54, 1.807) is 12.1 Å². The van der Waals surface area contributed by atoms with Crippen molar-refractivity contribution in [2.45, 2.75) is 0 Å². The third kappa shape index (κ3) is 1.25. The minimum Gasteiger partial charge on any atom is -0.507 e. The molecule has 3 N–H and O–H groups in total. The van der Waals surface area contributed by atoms with Crippen LogP contribution in [-0.4, -0.2) is 5.11 Å². The van der Waals surface area contributed by atoms with Gasteiger partial charge in [-0.05, 0) is 34.1 Å². The molecule has 0 unspecified atom stereocenters. The van der Waals surface area contributed by atoms with Crippen LogP contribution in [0.5, 0.6) is 5.75 Å². The Hall–Kier alpha value is -1.22. The SMILES string of the molecule is Nc1c(Br)ccc2c(O)cccc12. The first-order valence-corrected chi connectivity index (χ1v) is 4.65. The minimum atomic E-state index is 0.261. The predicted molar refractivity (Wildman–Crippen MR) is 57.7 cm³/mol. The number of hydrogen-bond donors (Lipinski definition) is 2. The van der Waals surface area contributed by atoms with Crippen molar-refractivity contribution in [3.05, 3.63) is 34.8 Å². The van der Waals surface area contributed by atoms with E-state index in [-0.39, 0.29) is 5.75 Å². The number of halogens is 1. The molecule has 0 aliphatic carbocycles. The highest BCUT2D eigenvalue weighted by Gasteiger charge is 2.04. The summed E-state index contributed by atoms with van der Waals surface area (Å²) in [7, 11) is 0. The minimum absolute atomic E-state index is 0.261. The van der Waals surface area contributed by atoms with Crippen molar-refractivity contribution in [3.8, 4) is 5.75 Å². The van der Waals surface area contributed by atoms with Crippen molar-refractivity contribution < 1.29 is 5.11 Å². The Labute approximate surface area is 84.1 Å². The number of benzene rings is 2. The molecule has 3 heteroatoms. The first-order valence-electron chi connectivity index (χ1n) is 3.86. The summed E-state index contributed by atoms with van der Waals surface area (Å²) in [4.78, 5) is 0. The Morgan fingerprint density at radius 1 is 1.08 bits per heavy atom. The van der Waals surface area contributed by atoms with Crippen molar-refractivity contribution >= 4 is 32.4 Å². The summed E-state index contributed by atoms with van der Waals surface area (Å²) in [5.41, 5.74) is 6.49. The summed E-state index contributed by atoms with van der Waals surface area (Å²) in [6.45, 7) is 0. The van der Waals surface area contributed by atoms with Crippen LogP contribution < -0.4 is 5.73 Å². The van der Waals surface area contributed by atoms with Gasteiger partial charge in [0.15, 0.2) is 0 Å². The van der Waals surface area contributed by atoms with Crippen LogP contribution in [0.3, 0.4) is 0 Å². The molecule has 0 aromatic heterocycles. The molecule has 0 atom stereocenters. The molecule has 2 rings (SSSR count). The first-order chi connectivity index (χ1) is 6.20. The van der Waals surface area contributed by atoms with Crippen molar-refractivity contribution in [1.82, 2.24) is 0 Å². The zero-order valence-electron chi connectivity index (χ0n) is 6.79. The second-order valence-corrected chi connectivity index (χ2v) is 3.69. The molecule has 2 nitrogen and oxygen atoms in total. The maximum Gasteiger partial charge on any atom is 0.123 e. The Morgan fingerprint density at radius 2 is 1.85 bits per heavy atom. The summed E-state index contributed by atoms with van der Waals surface area (Å²) in [6, 6.07) is 8.98. The maximum absolute atomic E-state index is 9.52. The highest BCUT2D eigenvalue weighted by molar-refractivity contribution is 9.10. The lowest BCUT2D eigenvalue weighted by Gasteiger charge is -2.05. The molecular weight excluding hydrogens is 230 g/mol. The van der Waals surface area contributed by atoms with Gasteiger partial charge >= 0.3 is 0 Å². The van der Waals surface area contributed by atoms with E-state index in [0.717, 1.165) is 15.2 Å². The molecule has 0 amide bonds. The zero-order chi connectivity index (χ0) is 9.42. The van der Waals surface area contributed by atoms with Crippen LogP contribution >= 0.6 is 15.9 Å². The van der Waals surface area contributed by atoms with Gasteiger partial charge in [0.2, 0.25) is 0 Å². The molecule has 0 radical (unpaired) electrons. The predicted octanol–water partition coefficient (Wildman–Crippen LogP) is 2.89. The van der Waals surface area contributed by atoms with Gasteiger partial charge in [-0.25, -0.2) is 0 Å². The van der Waals surface area contributed by atoms with Gasteiger partial charge < -0.3 is 10.8 Å². The third-order valence-corrected chi connectivity index (χ3v) is 2.72.